The van der Waals surface area contributed by atoms with E-state index < -0.39 is 0 Å². The van der Waals surface area contributed by atoms with Crippen LogP contribution in [-0.4, -0.2) is 61.3 Å². The number of thiocarbonyl (C=S) groups is 1. The van der Waals surface area contributed by atoms with Gasteiger partial charge in [-0.25, -0.2) is 0 Å². The number of quaternary nitrogens is 1. The normalized spacial score (nSPS) is 18.0. The van der Waals surface area contributed by atoms with Gasteiger partial charge in [-0.15, -0.1) is 0 Å². The zero-order valence-electron chi connectivity index (χ0n) is 16.2. The first-order valence-corrected chi connectivity index (χ1v) is 9.52. The van der Waals surface area contributed by atoms with Gasteiger partial charge in [0.2, 0.25) is 0 Å². The summed E-state index contributed by atoms with van der Waals surface area (Å²) in [6, 6.07) is 7.73. The molecule has 6 nitrogen and oxygen atoms in total. The molecule has 1 atom stereocenters. The minimum atomic E-state index is -0.182. The van der Waals surface area contributed by atoms with E-state index >= 15 is 0 Å². The molecule has 1 unspecified atom stereocenters. The van der Waals surface area contributed by atoms with Gasteiger partial charge in [0.1, 0.15) is 5.75 Å². The Bertz CT molecular complexity index is 613. The fourth-order valence-electron chi connectivity index (χ4n) is 3.00. The zero-order valence-corrected chi connectivity index (χ0v) is 17.0. The van der Waals surface area contributed by atoms with Crippen LogP contribution in [0.4, 0.5) is 5.69 Å². The summed E-state index contributed by atoms with van der Waals surface area (Å²) in [5, 5.41) is 7.06. The van der Waals surface area contributed by atoms with Crippen molar-refractivity contribution in [3.8, 4) is 5.75 Å². The average molecular weight is 380 g/mol. The molecule has 7 heteroatoms. The molecule has 2 rings (SSSR count). The number of ether oxygens (including phenoxy) is 1. The van der Waals surface area contributed by atoms with Gasteiger partial charge in [0, 0.05) is 24.2 Å². The SMILES string of the molecule is COc1ccc(NC(=S)N2CCC[NH+](CC(=O)NC(C)(C)C)CC2)cc1. The quantitative estimate of drug-likeness (QED) is 0.679. The van der Waals surface area contributed by atoms with Gasteiger partial charge in [-0.1, -0.05) is 0 Å². The molecule has 1 aromatic carbocycles. The third-order valence-electron chi connectivity index (χ3n) is 4.25. The molecule has 0 bridgehead atoms. The summed E-state index contributed by atoms with van der Waals surface area (Å²) in [6.45, 7) is 10.2. The lowest BCUT2D eigenvalue weighted by Crippen LogP contribution is -3.13. The minimum Gasteiger partial charge on any atom is -0.497 e. The number of methoxy groups -OCH3 is 1. The lowest BCUT2D eigenvalue weighted by Gasteiger charge is -2.24. The summed E-state index contributed by atoms with van der Waals surface area (Å²) in [6.07, 6.45) is 1.02. The Morgan fingerprint density at radius 3 is 2.54 bits per heavy atom. The molecule has 144 valence electrons. The minimum absolute atomic E-state index is 0.111. The molecule has 1 amide bonds. The molecule has 26 heavy (non-hydrogen) atoms. The van der Waals surface area contributed by atoms with Crippen LogP contribution >= 0.6 is 12.2 Å². The molecule has 1 aromatic rings. The van der Waals surface area contributed by atoms with E-state index in [1.807, 2.05) is 45.0 Å². The monoisotopic (exact) mass is 379 g/mol. The summed E-state index contributed by atoms with van der Waals surface area (Å²) in [5.74, 6) is 0.934. The topological polar surface area (TPSA) is 58.0 Å². The van der Waals surface area contributed by atoms with E-state index in [1.165, 1.54) is 4.90 Å². The zero-order chi connectivity index (χ0) is 19.2. The third-order valence-corrected chi connectivity index (χ3v) is 4.61. The number of nitrogens with one attached hydrogen (secondary N) is 3. The average Bonchev–Trinajstić information content (AvgIpc) is 2.79. The molecular weight excluding hydrogens is 348 g/mol. The standard InChI is InChI=1S/C19H30N4O2S/c1-19(2,3)21-17(24)14-22-10-5-11-23(13-12-22)18(26)20-15-6-8-16(25-4)9-7-15/h6-9H,5,10-14H2,1-4H3,(H,20,26)(H,21,24)/p+1. The smallest absolute Gasteiger partial charge is 0.275 e. The number of carbonyl (C=O) groups is 1. The predicted octanol–water partition coefficient (Wildman–Crippen LogP) is 0.897. The number of rotatable bonds is 4. The van der Waals surface area contributed by atoms with E-state index in [0.717, 1.165) is 49.1 Å². The second-order valence-corrected chi connectivity index (χ2v) is 8.11. The van der Waals surface area contributed by atoms with Crippen molar-refractivity contribution >= 4 is 28.9 Å². The van der Waals surface area contributed by atoms with E-state index in [1.54, 1.807) is 7.11 Å². The van der Waals surface area contributed by atoms with Crippen LogP contribution in [-0.2, 0) is 4.79 Å². The van der Waals surface area contributed by atoms with Crippen LogP contribution in [0.25, 0.3) is 0 Å². The second kappa shape index (κ2) is 9.19. The lowest BCUT2D eigenvalue weighted by molar-refractivity contribution is -0.889. The van der Waals surface area contributed by atoms with Crippen molar-refractivity contribution in [2.75, 3.05) is 45.2 Å². The number of hydrogen-bond donors (Lipinski definition) is 3. The van der Waals surface area contributed by atoms with E-state index in [9.17, 15) is 4.79 Å². The summed E-state index contributed by atoms with van der Waals surface area (Å²) in [4.78, 5) is 15.6. The number of nitrogens with zero attached hydrogens (tertiary/aromatic N) is 1. The molecule has 0 aromatic heterocycles. The van der Waals surface area contributed by atoms with Crippen LogP contribution in [0.2, 0.25) is 0 Å². The summed E-state index contributed by atoms with van der Waals surface area (Å²) in [7, 11) is 1.65. The molecule has 0 spiro atoms. The highest BCUT2D eigenvalue weighted by molar-refractivity contribution is 7.80. The first kappa shape index (κ1) is 20.5. The first-order chi connectivity index (χ1) is 12.3. The molecule has 1 saturated heterocycles. The third kappa shape index (κ3) is 6.80. The van der Waals surface area contributed by atoms with Crippen LogP contribution < -0.4 is 20.3 Å². The van der Waals surface area contributed by atoms with Crippen LogP contribution in [0.3, 0.4) is 0 Å². The van der Waals surface area contributed by atoms with Crippen molar-refractivity contribution in [1.82, 2.24) is 10.2 Å². The van der Waals surface area contributed by atoms with Crippen molar-refractivity contribution < 1.29 is 14.4 Å². The molecule has 1 heterocycles. The van der Waals surface area contributed by atoms with Crippen LogP contribution in [0, 0.1) is 0 Å². The molecule has 1 aliphatic rings. The fourth-order valence-corrected chi connectivity index (χ4v) is 3.30. The second-order valence-electron chi connectivity index (χ2n) is 7.72. The van der Waals surface area contributed by atoms with Gasteiger partial charge in [-0.3, -0.25) is 4.79 Å². The molecular formula is C19H31N4O2S+. The van der Waals surface area contributed by atoms with E-state index in [0.29, 0.717) is 6.54 Å². The molecule has 1 aliphatic heterocycles. The van der Waals surface area contributed by atoms with Crippen LogP contribution in [0.15, 0.2) is 24.3 Å². The Balaban J connectivity index is 1.83. The van der Waals surface area contributed by atoms with Crippen molar-refractivity contribution in [1.29, 1.82) is 0 Å². The van der Waals surface area contributed by atoms with Crippen molar-refractivity contribution in [3.05, 3.63) is 24.3 Å². The maximum absolute atomic E-state index is 12.2. The van der Waals surface area contributed by atoms with Crippen molar-refractivity contribution in [3.63, 3.8) is 0 Å². The highest BCUT2D eigenvalue weighted by Crippen LogP contribution is 2.15. The van der Waals surface area contributed by atoms with Gasteiger partial charge in [0.25, 0.3) is 5.91 Å². The van der Waals surface area contributed by atoms with Gasteiger partial charge in [-0.2, -0.15) is 0 Å². The Kier molecular flexibility index (Phi) is 7.23. The molecule has 0 radical (unpaired) electrons. The lowest BCUT2D eigenvalue weighted by atomic mass is 10.1. The van der Waals surface area contributed by atoms with Crippen molar-refractivity contribution in [2.24, 2.45) is 0 Å². The Morgan fingerprint density at radius 1 is 1.23 bits per heavy atom. The van der Waals surface area contributed by atoms with Gasteiger partial charge in [0.15, 0.2) is 11.7 Å². The Labute approximate surface area is 161 Å². The highest BCUT2D eigenvalue weighted by atomic mass is 32.1. The molecule has 3 N–H and O–H groups in total. The van der Waals surface area contributed by atoms with Gasteiger partial charge in [-0.05, 0) is 57.3 Å². The highest BCUT2D eigenvalue weighted by Gasteiger charge is 2.23. The Hall–Kier alpha value is -1.86. The largest absolute Gasteiger partial charge is 0.497 e. The van der Waals surface area contributed by atoms with Gasteiger partial charge >= 0.3 is 0 Å². The number of hydrogen-bond acceptors (Lipinski definition) is 3. The van der Waals surface area contributed by atoms with E-state index in [2.05, 4.69) is 15.5 Å². The Morgan fingerprint density at radius 2 is 1.92 bits per heavy atom. The molecule has 0 saturated carbocycles. The van der Waals surface area contributed by atoms with E-state index in [-0.39, 0.29) is 11.4 Å². The molecule has 1 fully saturated rings. The van der Waals surface area contributed by atoms with Gasteiger partial charge < -0.3 is 25.2 Å². The van der Waals surface area contributed by atoms with Crippen LogP contribution in [0.1, 0.15) is 27.2 Å². The van der Waals surface area contributed by atoms with E-state index in [4.69, 9.17) is 17.0 Å². The number of anilines is 1. The van der Waals surface area contributed by atoms with Crippen LogP contribution in [0.5, 0.6) is 5.75 Å². The first-order valence-electron chi connectivity index (χ1n) is 9.11. The maximum Gasteiger partial charge on any atom is 0.275 e. The predicted molar refractivity (Wildman–Crippen MR) is 109 cm³/mol. The summed E-state index contributed by atoms with van der Waals surface area (Å²) in [5.41, 5.74) is 0.770. The number of amides is 1. The maximum atomic E-state index is 12.2. The van der Waals surface area contributed by atoms with Crippen molar-refractivity contribution in [2.45, 2.75) is 32.7 Å². The number of carbonyl (C=O) groups excluding carboxylic acids is 1. The molecule has 0 aliphatic carbocycles. The number of benzene rings is 1. The summed E-state index contributed by atoms with van der Waals surface area (Å²) >= 11 is 5.57. The fraction of sp³-hybridized carbons (Fsp3) is 0.579. The summed E-state index contributed by atoms with van der Waals surface area (Å²) < 4.78 is 5.17. The van der Waals surface area contributed by atoms with Gasteiger partial charge in [0.05, 0.1) is 26.7 Å².